The number of carbonyl (C=O) groups excluding carboxylic acids is 6. The van der Waals surface area contributed by atoms with E-state index < -0.39 is 166 Å². The van der Waals surface area contributed by atoms with Gasteiger partial charge in [0.1, 0.15) is 6.42 Å². The van der Waals surface area contributed by atoms with Gasteiger partial charge in [0.15, 0.2) is 0 Å². The Hall–Kier alpha value is -2.34. The first kappa shape index (κ1) is 60.8. The monoisotopic (exact) mass is 1340 g/mol. The van der Waals surface area contributed by atoms with Crippen LogP contribution >= 0.6 is 95.6 Å². The maximum Gasteiger partial charge on any atom is 0.254 e. The largest absolute Gasteiger partial charge is 0.394 e. The Bertz CT molecular complexity index is 1880. The van der Waals surface area contributed by atoms with Crippen LogP contribution in [0.2, 0.25) is 0 Å². The number of benzene rings is 2. The Morgan fingerprint density at radius 1 is 0.388 bits per heavy atom. The third kappa shape index (κ3) is 14.4. The number of amides is 6. The zero-order valence-electron chi connectivity index (χ0n) is 35.0. The number of nitrogens with zero attached hydrogens (tertiary/aromatic N) is 2. The molecule has 0 aliphatic heterocycles. The van der Waals surface area contributed by atoms with Crippen molar-refractivity contribution in [3.8, 4) is 0 Å². The van der Waals surface area contributed by atoms with Gasteiger partial charge in [0.2, 0.25) is 11.8 Å². The summed E-state index contributed by atoms with van der Waals surface area (Å²) in [5, 5.41) is 127. The van der Waals surface area contributed by atoms with Crippen LogP contribution < -0.4 is 31.1 Å². The second-order valence-electron chi connectivity index (χ2n) is 14.2. The second kappa shape index (κ2) is 27.9. The van der Waals surface area contributed by atoms with Gasteiger partial charge in [-0.05, 0) is 95.6 Å². The van der Waals surface area contributed by atoms with E-state index in [0.29, 0.717) is 0 Å². The zero-order chi connectivity index (χ0) is 51.4. The molecule has 6 amide bonds. The summed E-state index contributed by atoms with van der Waals surface area (Å²) in [6.45, 7) is -7.07. The van der Waals surface area contributed by atoms with Gasteiger partial charge in [-0.1, -0.05) is 0 Å². The summed E-state index contributed by atoms with van der Waals surface area (Å²) in [7, 11) is 2.26. The summed E-state index contributed by atoms with van der Waals surface area (Å²) in [6.07, 6.45) is -7.74. The summed E-state index contributed by atoms with van der Waals surface area (Å²) in [5.41, 5.74) is -2.43. The lowest BCUT2D eigenvalue weighted by atomic mass is 10.0. The number of anilines is 2. The van der Waals surface area contributed by atoms with Crippen molar-refractivity contribution in [3.63, 3.8) is 0 Å². The number of aliphatic hydroxyl groups is 12. The molecule has 16 N–H and O–H groups in total. The smallest absolute Gasteiger partial charge is 0.254 e. The SMILES string of the molecule is CN(C(=O)CC(=O)N(C)c1c(Br)c(C(=O)NC(CO)C(O)CO)c(Br)c(C(=O)NC(CO)C(O)CO)c1Br)c1c(Br)c(C(=O)NC(CO)C(O)CO)c(Br)c(C(=O)NC(CO)C(O)CO)c1Br. The number of aliphatic hydroxyl groups excluding tert-OH is 12. The molecule has 2 aromatic rings. The lowest BCUT2D eigenvalue weighted by Gasteiger charge is -2.29. The minimum Gasteiger partial charge on any atom is -0.394 e. The fraction of sp³-hybridized carbons (Fsp3) is 0.514. The van der Waals surface area contributed by atoms with E-state index in [1.54, 1.807) is 0 Å². The van der Waals surface area contributed by atoms with Crippen LogP contribution in [-0.4, -0.2) is 212 Å². The minimum absolute atomic E-state index is 0.245. The third-order valence-electron chi connectivity index (χ3n) is 9.88. The van der Waals surface area contributed by atoms with E-state index in [0.717, 1.165) is 23.9 Å². The Morgan fingerprint density at radius 2 is 0.582 bits per heavy atom. The molecule has 376 valence electrons. The van der Waals surface area contributed by atoms with Gasteiger partial charge in [-0.25, -0.2) is 0 Å². The zero-order valence-corrected chi connectivity index (χ0v) is 44.5. The number of carbonyl (C=O) groups is 6. The molecule has 0 heterocycles. The van der Waals surface area contributed by atoms with Crippen LogP contribution in [0.4, 0.5) is 11.4 Å². The van der Waals surface area contributed by atoms with Crippen LogP contribution in [0, 0.1) is 0 Å². The summed E-state index contributed by atoms with van der Waals surface area (Å²) in [6, 6.07) is -5.86. The van der Waals surface area contributed by atoms with E-state index in [9.17, 15) is 90.0 Å². The predicted molar refractivity (Wildman–Crippen MR) is 256 cm³/mol. The Labute approximate surface area is 431 Å². The molecule has 67 heavy (non-hydrogen) atoms. The van der Waals surface area contributed by atoms with E-state index in [4.69, 9.17) is 0 Å². The highest BCUT2D eigenvalue weighted by Crippen LogP contribution is 2.46. The molecule has 2 rings (SSSR count). The average molecular weight is 1340 g/mol. The minimum atomic E-state index is -1.67. The molecule has 0 spiro atoms. The van der Waals surface area contributed by atoms with E-state index in [2.05, 4.69) is 117 Å². The standard InChI is InChI=1S/C37H48Br6N6O18/c1-48(32-28(40)22(34(64)44-12(4-50)16(58)8-54)26(38)23(29(32)41)35(65)45-13(5-51)17(59)9-55)20(62)3-21(63)49(2)33-30(42)24(36(66)46-14(6-52)18(60)10-56)27(39)25(31(33)43)37(67)47-15(7-53)19(61)11-57/h12-19,50-61H,3-11H2,1-2H3,(H,44,64)(H,45,65)(H,46,66)(H,47,67). The van der Waals surface area contributed by atoms with Crippen molar-refractivity contribution < 1.29 is 90.0 Å². The van der Waals surface area contributed by atoms with Crippen molar-refractivity contribution in [2.75, 3.05) is 76.8 Å². The van der Waals surface area contributed by atoms with Crippen LogP contribution in [0.5, 0.6) is 0 Å². The van der Waals surface area contributed by atoms with E-state index in [1.165, 1.54) is 0 Å². The van der Waals surface area contributed by atoms with Crippen LogP contribution in [0.25, 0.3) is 0 Å². The van der Waals surface area contributed by atoms with Crippen molar-refractivity contribution >= 4 is 142 Å². The summed E-state index contributed by atoms with van der Waals surface area (Å²) in [4.78, 5) is 85.2. The molecule has 0 fully saturated rings. The van der Waals surface area contributed by atoms with Gasteiger partial charge in [-0.2, -0.15) is 0 Å². The van der Waals surface area contributed by atoms with Crippen molar-refractivity contribution in [1.82, 2.24) is 21.3 Å². The number of rotatable bonds is 24. The van der Waals surface area contributed by atoms with E-state index in [-0.39, 0.29) is 38.2 Å². The predicted octanol–water partition coefficient (Wildman–Crippen LogP) is -2.95. The average Bonchev–Trinajstić information content (AvgIpc) is 3.29. The highest BCUT2D eigenvalue weighted by atomic mass is 79.9. The normalized spacial score (nSPS) is 15.0. The molecule has 30 heteroatoms. The maximum absolute atomic E-state index is 14.2. The first-order chi connectivity index (χ1) is 31.4. The first-order valence-electron chi connectivity index (χ1n) is 19.2. The molecule has 0 aliphatic carbocycles. The first-order valence-corrected chi connectivity index (χ1v) is 23.9. The number of hydrogen-bond acceptors (Lipinski definition) is 18. The molecule has 0 saturated heterocycles. The van der Waals surface area contributed by atoms with Crippen LogP contribution in [-0.2, 0) is 9.59 Å². The molecule has 8 atom stereocenters. The van der Waals surface area contributed by atoms with Gasteiger partial charge in [0, 0.05) is 23.0 Å². The molecule has 8 unspecified atom stereocenters. The van der Waals surface area contributed by atoms with Gasteiger partial charge >= 0.3 is 0 Å². The van der Waals surface area contributed by atoms with Gasteiger partial charge < -0.3 is 92.3 Å². The number of halogens is 6. The molecule has 0 radical (unpaired) electrons. The molecule has 0 aromatic heterocycles. The van der Waals surface area contributed by atoms with Crippen molar-refractivity contribution in [2.45, 2.75) is 55.0 Å². The van der Waals surface area contributed by atoms with E-state index >= 15 is 0 Å². The Kier molecular flexibility index (Phi) is 25.3. The summed E-state index contributed by atoms with van der Waals surface area (Å²) >= 11 is 19.4. The molecule has 0 saturated carbocycles. The lowest BCUT2D eigenvalue weighted by Crippen LogP contribution is -2.48. The molecule has 0 bridgehead atoms. The summed E-state index contributed by atoms with van der Waals surface area (Å²) < 4.78 is -1.58. The molecular weight excluding hydrogens is 1300 g/mol. The van der Waals surface area contributed by atoms with E-state index in [1.807, 2.05) is 0 Å². The highest BCUT2D eigenvalue weighted by Gasteiger charge is 2.37. The Morgan fingerprint density at radius 3 is 0.746 bits per heavy atom. The second-order valence-corrected chi connectivity index (χ2v) is 19.0. The lowest BCUT2D eigenvalue weighted by molar-refractivity contribution is -0.126. The quantitative estimate of drug-likeness (QED) is 0.0467. The molecular formula is C37H48Br6N6O18. The molecule has 2 aromatic carbocycles. The maximum atomic E-state index is 14.2. The third-order valence-corrected chi connectivity index (χ3v) is 14.6. The fourth-order valence-corrected chi connectivity index (χ4v) is 12.3. The Balaban J connectivity index is 2.86. The number of nitrogens with one attached hydrogen (secondary N) is 4. The van der Waals surface area contributed by atoms with Crippen molar-refractivity contribution in [2.24, 2.45) is 0 Å². The molecule has 0 aliphatic rings. The van der Waals surface area contributed by atoms with Gasteiger partial charge in [0.05, 0.1) is 153 Å². The summed E-state index contributed by atoms with van der Waals surface area (Å²) in [5.74, 6) is -6.52. The molecule has 24 nitrogen and oxygen atoms in total. The topological polar surface area (TPSA) is 400 Å². The van der Waals surface area contributed by atoms with Crippen LogP contribution in [0.3, 0.4) is 0 Å². The van der Waals surface area contributed by atoms with Crippen LogP contribution in [0.15, 0.2) is 26.8 Å². The number of hydrogen-bond donors (Lipinski definition) is 16. The van der Waals surface area contributed by atoms with Crippen molar-refractivity contribution in [1.29, 1.82) is 0 Å². The van der Waals surface area contributed by atoms with Gasteiger partial charge in [-0.3, -0.25) is 28.8 Å². The van der Waals surface area contributed by atoms with Gasteiger partial charge in [0.25, 0.3) is 23.6 Å². The highest BCUT2D eigenvalue weighted by molar-refractivity contribution is 9.12. The van der Waals surface area contributed by atoms with Crippen molar-refractivity contribution in [3.05, 3.63) is 49.1 Å². The van der Waals surface area contributed by atoms with Gasteiger partial charge in [-0.15, -0.1) is 0 Å². The fourth-order valence-electron chi connectivity index (χ4n) is 5.83. The van der Waals surface area contributed by atoms with Crippen LogP contribution in [0.1, 0.15) is 47.9 Å².